The van der Waals surface area contributed by atoms with Gasteiger partial charge < -0.3 is 40.3 Å². The van der Waals surface area contributed by atoms with Crippen molar-refractivity contribution in [3.05, 3.63) is 60.8 Å². The third kappa shape index (κ3) is 30.8. The molecule has 1 rings (SSSR count). The lowest BCUT2D eigenvalue weighted by Crippen LogP contribution is -2.60. The molecule has 9 heteroatoms. The average molecular weight is 846 g/mol. The lowest BCUT2D eigenvalue weighted by Gasteiger charge is -2.40. The molecule has 1 saturated heterocycles. The van der Waals surface area contributed by atoms with E-state index >= 15 is 0 Å². The molecule has 0 aliphatic carbocycles. The van der Waals surface area contributed by atoms with Crippen molar-refractivity contribution in [2.45, 2.75) is 243 Å². The Balaban J connectivity index is 2.35. The van der Waals surface area contributed by atoms with Crippen LogP contribution in [0.4, 0.5) is 0 Å². The zero-order valence-corrected chi connectivity index (χ0v) is 38.2. The van der Waals surface area contributed by atoms with E-state index in [9.17, 15) is 30.3 Å². The fourth-order valence-corrected chi connectivity index (χ4v) is 7.33. The van der Waals surface area contributed by atoms with Crippen molar-refractivity contribution in [1.29, 1.82) is 0 Å². The van der Waals surface area contributed by atoms with E-state index in [1.807, 2.05) is 6.08 Å². The van der Waals surface area contributed by atoms with Gasteiger partial charge in [0.15, 0.2) is 6.29 Å². The van der Waals surface area contributed by atoms with Gasteiger partial charge in [0.05, 0.1) is 25.4 Å². The number of nitrogens with one attached hydrogen (secondary N) is 1. The summed E-state index contributed by atoms with van der Waals surface area (Å²) < 4.78 is 11.2. The van der Waals surface area contributed by atoms with Gasteiger partial charge >= 0.3 is 0 Å². The van der Waals surface area contributed by atoms with E-state index in [1.54, 1.807) is 6.08 Å². The van der Waals surface area contributed by atoms with E-state index in [1.165, 1.54) is 109 Å². The summed E-state index contributed by atoms with van der Waals surface area (Å²) in [6.45, 7) is 3.72. The van der Waals surface area contributed by atoms with Crippen LogP contribution in [0.25, 0.3) is 0 Å². The first-order valence-electron chi connectivity index (χ1n) is 24.5. The number of unbranched alkanes of at least 4 members (excludes halogenated alkanes) is 22. The predicted octanol–water partition coefficient (Wildman–Crippen LogP) is 10.8. The first-order chi connectivity index (χ1) is 29.3. The molecule has 1 aliphatic heterocycles. The van der Waals surface area contributed by atoms with Gasteiger partial charge in [-0.2, -0.15) is 0 Å². The van der Waals surface area contributed by atoms with Crippen LogP contribution in [0.1, 0.15) is 200 Å². The molecule has 348 valence electrons. The molecule has 0 aromatic heterocycles. The van der Waals surface area contributed by atoms with Crippen molar-refractivity contribution in [3.8, 4) is 0 Å². The first-order valence-corrected chi connectivity index (χ1v) is 24.5. The minimum Gasteiger partial charge on any atom is -0.394 e. The SMILES string of the molecule is CCCCCCC/C=C\C/C=C\CCCCCCCCCCCC(=O)NC(COC1OC(CO)C(O)C(O)C1O)C(O)/C=C/CC/C=C/CC/C=C/CCCCCCCC. The molecular formula is C51H91NO8. The monoisotopic (exact) mass is 846 g/mol. The van der Waals surface area contributed by atoms with E-state index < -0.39 is 49.5 Å². The van der Waals surface area contributed by atoms with Crippen LogP contribution in [0, 0.1) is 0 Å². The van der Waals surface area contributed by atoms with Crippen LogP contribution in [0.2, 0.25) is 0 Å². The molecule has 0 bridgehead atoms. The summed E-state index contributed by atoms with van der Waals surface area (Å²) in [7, 11) is 0. The fraction of sp³-hybridized carbons (Fsp3) is 0.784. The quantitative estimate of drug-likeness (QED) is 0.0264. The van der Waals surface area contributed by atoms with Crippen LogP contribution in [0.5, 0.6) is 0 Å². The molecule has 1 amide bonds. The predicted molar refractivity (Wildman–Crippen MR) is 249 cm³/mol. The first kappa shape index (κ1) is 55.9. The molecule has 6 N–H and O–H groups in total. The number of hydrogen-bond donors (Lipinski definition) is 6. The molecule has 1 fully saturated rings. The maximum Gasteiger partial charge on any atom is 0.220 e. The van der Waals surface area contributed by atoms with E-state index in [-0.39, 0.29) is 12.5 Å². The van der Waals surface area contributed by atoms with Crippen LogP contribution >= 0.6 is 0 Å². The Morgan fingerprint density at radius 2 is 1.00 bits per heavy atom. The van der Waals surface area contributed by atoms with Gasteiger partial charge in [-0.15, -0.1) is 0 Å². The van der Waals surface area contributed by atoms with Crippen LogP contribution in [-0.2, 0) is 14.3 Å². The highest BCUT2D eigenvalue weighted by Crippen LogP contribution is 2.22. The van der Waals surface area contributed by atoms with Crippen LogP contribution < -0.4 is 5.32 Å². The number of rotatable bonds is 40. The molecule has 1 aliphatic rings. The number of aliphatic hydroxyl groups excluding tert-OH is 5. The minimum absolute atomic E-state index is 0.198. The summed E-state index contributed by atoms with van der Waals surface area (Å²) in [5.74, 6) is -0.198. The Bertz CT molecular complexity index is 1120. The van der Waals surface area contributed by atoms with Crippen molar-refractivity contribution in [3.63, 3.8) is 0 Å². The van der Waals surface area contributed by atoms with Gasteiger partial charge in [0.2, 0.25) is 5.91 Å². The summed E-state index contributed by atoms with van der Waals surface area (Å²) in [6, 6.07) is -0.831. The van der Waals surface area contributed by atoms with Gasteiger partial charge in [0.1, 0.15) is 24.4 Å². The van der Waals surface area contributed by atoms with Gasteiger partial charge in [0, 0.05) is 6.42 Å². The molecule has 60 heavy (non-hydrogen) atoms. The molecule has 0 saturated carbocycles. The van der Waals surface area contributed by atoms with Crippen LogP contribution in [-0.4, -0.2) is 87.5 Å². The smallest absolute Gasteiger partial charge is 0.220 e. The number of aliphatic hydroxyl groups is 5. The summed E-state index contributed by atoms with van der Waals surface area (Å²) in [5, 5.41) is 54.2. The third-order valence-corrected chi connectivity index (χ3v) is 11.3. The molecule has 7 atom stereocenters. The highest BCUT2D eigenvalue weighted by Gasteiger charge is 2.44. The van der Waals surface area contributed by atoms with Crippen molar-refractivity contribution in [2.75, 3.05) is 13.2 Å². The Morgan fingerprint density at radius 3 is 1.50 bits per heavy atom. The largest absolute Gasteiger partial charge is 0.394 e. The lowest BCUT2D eigenvalue weighted by molar-refractivity contribution is -0.302. The molecule has 9 nitrogen and oxygen atoms in total. The number of ether oxygens (including phenoxy) is 2. The maximum atomic E-state index is 13.0. The summed E-state index contributed by atoms with van der Waals surface area (Å²) in [6.07, 6.45) is 46.9. The number of carbonyl (C=O) groups is 1. The molecule has 1 heterocycles. The second-order valence-electron chi connectivity index (χ2n) is 16.9. The maximum absolute atomic E-state index is 13.0. The summed E-state index contributed by atoms with van der Waals surface area (Å²) in [4.78, 5) is 13.0. The van der Waals surface area contributed by atoms with Crippen LogP contribution in [0.3, 0.4) is 0 Å². The number of amides is 1. The van der Waals surface area contributed by atoms with Crippen molar-refractivity contribution in [1.82, 2.24) is 5.32 Å². The van der Waals surface area contributed by atoms with Crippen molar-refractivity contribution < 1.29 is 39.8 Å². The van der Waals surface area contributed by atoms with Gasteiger partial charge in [-0.1, -0.05) is 177 Å². The number of hydrogen-bond acceptors (Lipinski definition) is 8. The molecule has 0 aromatic carbocycles. The molecule has 0 aromatic rings. The molecular weight excluding hydrogens is 755 g/mol. The topological polar surface area (TPSA) is 149 Å². The Morgan fingerprint density at radius 1 is 0.567 bits per heavy atom. The summed E-state index contributed by atoms with van der Waals surface area (Å²) >= 11 is 0. The van der Waals surface area contributed by atoms with Crippen LogP contribution in [0.15, 0.2) is 60.8 Å². The number of carbonyl (C=O) groups excluding carboxylic acids is 1. The second-order valence-corrected chi connectivity index (χ2v) is 16.9. The number of allylic oxidation sites excluding steroid dienone is 9. The van der Waals surface area contributed by atoms with E-state index in [0.717, 1.165) is 70.6 Å². The highest BCUT2D eigenvalue weighted by molar-refractivity contribution is 5.76. The highest BCUT2D eigenvalue weighted by atomic mass is 16.7. The van der Waals surface area contributed by atoms with Crippen molar-refractivity contribution >= 4 is 5.91 Å². The zero-order valence-electron chi connectivity index (χ0n) is 38.2. The van der Waals surface area contributed by atoms with Gasteiger partial charge in [-0.25, -0.2) is 0 Å². The third-order valence-electron chi connectivity index (χ3n) is 11.3. The minimum atomic E-state index is -1.58. The van der Waals surface area contributed by atoms with E-state index in [0.29, 0.717) is 6.42 Å². The Hall–Kier alpha value is -2.11. The zero-order chi connectivity index (χ0) is 43.7. The molecule has 7 unspecified atom stereocenters. The standard InChI is InChI=1S/C51H91NO8/c1-3-5-7-9-11-13-15-17-19-21-22-23-24-25-27-29-31-33-35-37-39-41-47(55)52-44(43-59-51-50(58)49(57)48(56)46(42-53)60-51)45(54)40-38-36-34-32-30-28-26-20-18-16-14-12-10-8-6-4-2/h15,17-18,20-22,30,32,38,40,44-46,48-51,53-54,56-58H,3-14,16,19,23-29,31,33-37,39,41-43H2,1-2H3,(H,52,55)/b17-15-,20-18+,22-21-,32-30+,40-38+. The van der Waals surface area contributed by atoms with Gasteiger partial charge in [-0.3, -0.25) is 4.79 Å². The van der Waals surface area contributed by atoms with E-state index in [4.69, 9.17) is 9.47 Å². The Labute approximate surface area is 366 Å². The lowest BCUT2D eigenvalue weighted by atomic mass is 9.99. The normalized spacial score (nSPS) is 21.1. The van der Waals surface area contributed by atoms with Crippen molar-refractivity contribution in [2.24, 2.45) is 0 Å². The van der Waals surface area contributed by atoms with Gasteiger partial charge in [-0.05, 0) is 77.0 Å². The summed E-state index contributed by atoms with van der Waals surface area (Å²) in [5.41, 5.74) is 0. The van der Waals surface area contributed by atoms with E-state index in [2.05, 4.69) is 67.8 Å². The molecule has 0 radical (unpaired) electrons. The second kappa shape index (κ2) is 40.9. The van der Waals surface area contributed by atoms with Gasteiger partial charge in [0.25, 0.3) is 0 Å². The average Bonchev–Trinajstić information content (AvgIpc) is 3.25. The molecule has 0 spiro atoms. The Kier molecular flexibility index (Phi) is 38.1. The fourth-order valence-electron chi connectivity index (χ4n) is 7.33.